The minimum atomic E-state index is -0.840. The average Bonchev–Trinajstić information content (AvgIpc) is 2.40. The molecule has 1 atom stereocenters. The van der Waals surface area contributed by atoms with Gasteiger partial charge in [0.1, 0.15) is 11.9 Å². The highest BCUT2D eigenvalue weighted by Crippen LogP contribution is 2.32. The molecule has 1 unspecified atom stereocenters. The highest BCUT2D eigenvalue weighted by molar-refractivity contribution is 5.28. The molecule has 0 saturated carbocycles. The van der Waals surface area contributed by atoms with Gasteiger partial charge in [-0.2, -0.15) is 0 Å². The van der Waals surface area contributed by atoms with Crippen molar-refractivity contribution in [1.82, 2.24) is 5.32 Å². The maximum Gasteiger partial charge on any atom is 0.128 e. The van der Waals surface area contributed by atoms with E-state index in [2.05, 4.69) is 5.32 Å². The summed E-state index contributed by atoms with van der Waals surface area (Å²) in [5, 5.41) is 3.26. The summed E-state index contributed by atoms with van der Waals surface area (Å²) in [6.07, 6.45) is 1.01. The zero-order chi connectivity index (χ0) is 12.1. The highest BCUT2D eigenvalue weighted by atomic mass is 19.1. The minimum Gasteiger partial charge on any atom is -0.494 e. The van der Waals surface area contributed by atoms with Gasteiger partial charge in [-0.3, -0.25) is 0 Å². The van der Waals surface area contributed by atoms with Crippen LogP contribution in [0.4, 0.5) is 4.39 Å². The van der Waals surface area contributed by atoms with Crippen LogP contribution in [0.1, 0.15) is 31.5 Å². The average molecular weight is 237 g/mol. The first-order chi connectivity index (χ1) is 8.31. The molecular weight excluding hydrogens is 217 g/mol. The number of hydrogen-bond donors (Lipinski definition) is 1. The van der Waals surface area contributed by atoms with E-state index in [9.17, 15) is 4.39 Å². The standard InChI is InChI=1S/C14H20FNO/c1-2-17-13-5-3-11(4-6-13)14(15)12-7-9-16-10-8-12/h3-6,12,14,16H,2,7-10H2,1H3. The van der Waals surface area contributed by atoms with Crippen LogP contribution in [0.5, 0.6) is 5.75 Å². The Morgan fingerprint density at radius 1 is 1.29 bits per heavy atom. The first-order valence-corrected chi connectivity index (χ1v) is 6.39. The van der Waals surface area contributed by atoms with E-state index in [1.807, 2.05) is 31.2 Å². The van der Waals surface area contributed by atoms with Gasteiger partial charge in [-0.15, -0.1) is 0 Å². The van der Waals surface area contributed by atoms with Crippen molar-refractivity contribution < 1.29 is 9.13 Å². The lowest BCUT2D eigenvalue weighted by Crippen LogP contribution is -2.29. The Labute approximate surface area is 102 Å². The number of ether oxygens (including phenoxy) is 1. The molecule has 0 spiro atoms. The Morgan fingerprint density at radius 2 is 1.94 bits per heavy atom. The van der Waals surface area contributed by atoms with Gasteiger partial charge in [-0.1, -0.05) is 12.1 Å². The maximum atomic E-state index is 14.3. The number of piperidine rings is 1. The van der Waals surface area contributed by atoms with E-state index in [1.54, 1.807) is 0 Å². The molecule has 0 bridgehead atoms. The van der Waals surface area contributed by atoms with Crippen molar-refractivity contribution in [2.24, 2.45) is 5.92 Å². The molecule has 2 rings (SSSR count). The van der Waals surface area contributed by atoms with Crippen LogP contribution >= 0.6 is 0 Å². The van der Waals surface area contributed by atoms with Crippen LogP contribution in [0.3, 0.4) is 0 Å². The van der Waals surface area contributed by atoms with Crippen LogP contribution in [-0.4, -0.2) is 19.7 Å². The van der Waals surface area contributed by atoms with E-state index in [0.717, 1.165) is 37.2 Å². The summed E-state index contributed by atoms with van der Waals surface area (Å²) in [5.41, 5.74) is 0.778. The molecule has 1 saturated heterocycles. The third-order valence-corrected chi connectivity index (χ3v) is 3.31. The second-order valence-electron chi connectivity index (χ2n) is 4.49. The summed E-state index contributed by atoms with van der Waals surface area (Å²) in [4.78, 5) is 0. The SMILES string of the molecule is CCOc1ccc(C(F)C2CCNCC2)cc1. The quantitative estimate of drug-likeness (QED) is 0.868. The van der Waals surface area contributed by atoms with Gasteiger partial charge in [0.2, 0.25) is 0 Å². The first kappa shape index (κ1) is 12.4. The molecule has 17 heavy (non-hydrogen) atoms. The van der Waals surface area contributed by atoms with Gasteiger partial charge < -0.3 is 10.1 Å². The van der Waals surface area contributed by atoms with E-state index in [4.69, 9.17) is 4.74 Å². The molecule has 0 aliphatic carbocycles. The summed E-state index contributed by atoms with van der Waals surface area (Å²) in [6, 6.07) is 7.40. The predicted octanol–water partition coefficient (Wildman–Crippen LogP) is 3.10. The maximum absolute atomic E-state index is 14.3. The smallest absolute Gasteiger partial charge is 0.128 e. The highest BCUT2D eigenvalue weighted by Gasteiger charge is 2.24. The van der Waals surface area contributed by atoms with Gasteiger partial charge in [0.25, 0.3) is 0 Å². The molecular formula is C14H20FNO. The van der Waals surface area contributed by atoms with Crippen molar-refractivity contribution in [3.63, 3.8) is 0 Å². The van der Waals surface area contributed by atoms with Gasteiger partial charge >= 0.3 is 0 Å². The fourth-order valence-corrected chi connectivity index (χ4v) is 2.32. The molecule has 0 aromatic heterocycles. The third-order valence-electron chi connectivity index (χ3n) is 3.31. The first-order valence-electron chi connectivity index (χ1n) is 6.39. The van der Waals surface area contributed by atoms with Gasteiger partial charge in [0.15, 0.2) is 0 Å². The van der Waals surface area contributed by atoms with Crippen LogP contribution < -0.4 is 10.1 Å². The van der Waals surface area contributed by atoms with Crippen molar-refractivity contribution in [2.45, 2.75) is 25.9 Å². The van der Waals surface area contributed by atoms with Gasteiger partial charge in [0, 0.05) is 0 Å². The molecule has 2 nitrogen and oxygen atoms in total. The summed E-state index contributed by atoms with van der Waals surface area (Å²) in [6.45, 7) is 4.46. The normalized spacial score (nSPS) is 18.9. The van der Waals surface area contributed by atoms with Crippen molar-refractivity contribution in [2.75, 3.05) is 19.7 Å². The Kier molecular flexibility index (Phi) is 4.37. The molecule has 1 aliphatic heterocycles. The van der Waals surface area contributed by atoms with Crippen molar-refractivity contribution in [3.8, 4) is 5.75 Å². The number of nitrogens with one attached hydrogen (secondary N) is 1. The molecule has 1 aliphatic rings. The van der Waals surface area contributed by atoms with Gasteiger partial charge in [-0.25, -0.2) is 4.39 Å². The number of alkyl halides is 1. The third kappa shape index (κ3) is 3.19. The summed E-state index contributed by atoms with van der Waals surface area (Å²) < 4.78 is 19.6. The van der Waals surface area contributed by atoms with E-state index < -0.39 is 6.17 Å². The molecule has 1 fully saturated rings. The summed E-state index contributed by atoms with van der Waals surface area (Å²) in [5.74, 6) is 0.975. The lowest BCUT2D eigenvalue weighted by atomic mass is 9.89. The van der Waals surface area contributed by atoms with E-state index in [-0.39, 0.29) is 5.92 Å². The van der Waals surface area contributed by atoms with Gasteiger partial charge in [-0.05, 0) is 56.5 Å². The summed E-state index contributed by atoms with van der Waals surface area (Å²) in [7, 11) is 0. The van der Waals surface area contributed by atoms with Crippen LogP contribution in [0, 0.1) is 5.92 Å². The summed E-state index contributed by atoms with van der Waals surface area (Å²) >= 11 is 0. The molecule has 94 valence electrons. The number of benzene rings is 1. The molecule has 1 heterocycles. The monoisotopic (exact) mass is 237 g/mol. The van der Waals surface area contributed by atoms with Crippen LogP contribution in [0.15, 0.2) is 24.3 Å². The van der Waals surface area contributed by atoms with Crippen molar-refractivity contribution in [3.05, 3.63) is 29.8 Å². The van der Waals surface area contributed by atoms with Crippen LogP contribution in [-0.2, 0) is 0 Å². The number of rotatable bonds is 4. The zero-order valence-corrected chi connectivity index (χ0v) is 10.3. The topological polar surface area (TPSA) is 21.3 Å². The molecule has 1 N–H and O–H groups in total. The Hall–Kier alpha value is -1.09. The Morgan fingerprint density at radius 3 is 2.53 bits per heavy atom. The Bertz CT molecular complexity index is 333. The lowest BCUT2D eigenvalue weighted by molar-refractivity contribution is 0.190. The molecule has 1 aromatic carbocycles. The molecule has 3 heteroatoms. The van der Waals surface area contributed by atoms with E-state index in [0.29, 0.717) is 6.61 Å². The van der Waals surface area contributed by atoms with Crippen molar-refractivity contribution >= 4 is 0 Å². The Balaban J connectivity index is 2.00. The van der Waals surface area contributed by atoms with Crippen LogP contribution in [0.2, 0.25) is 0 Å². The van der Waals surface area contributed by atoms with Crippen molar-refractivity contribution in [1.29, 1.82) is 0 Å². The lowest BCUT2D eigenvalue weighted by Gasteiger charge is -2.26. The second-order valence-corrected chi connectivity index (χ2v) is 4.49. The number of hydrogen-bond acceptors (Lipinski definition) is 2. The van der Waals surface area contributed by atoms with Gasteiger partial charge in [0.05, 0.1) is 6.61 Å². The van der Waals surface area contributed by atoms with Crippen LogP contribution in [0.25, 0.3) is 0 Å². The van der Waals surface area contributed by atoms with E-state index >= 15 is 0 Å². The molecule has 0 radical (unpaired) electrons. The number of halogens is 1. The van der Waals surface area contributed by atoms with E-state index in [1.165, 1.54) is 0 Å². The fourth-order valence-electron chi connectivity index (χ4n) is 2.32. The molecule has 0 amide bonds. The second kappa shape index (κ2) is 6.01. The zero-order valence-electron chi connectivity index (χ0n) is 10.3. The fraction of sp³-hybridized carbons (Fsp3) is 0.571. The minimum absolute atomic E-state index is 0.161. The molecule has 1 aromatic rings. The largest absolute Gasteiger partial charge is 0.494 e. The predicted molar refractivity (Wildman–Crippen MR) is 67.1 cm³/mol.